The van der Waals surface area contributed by atoms with Gasteiger partial charge in [0.1, 0.15) is 0 Å². The lowest BCUT2D eigenvalue weighted by atomic mass is 9.97. The first-order valence-corrected chi connectivity index (χ1v) is 12.0. The number of pyridine rings is 1. The Morgan fingerprint density at radius 3 is 2.19 bits per heavy atom. The van der Waals surface area contributed by atoms with E-state index in [2.05, 4.69) is 105 Å². The van der Waals surface area contributed by atoms with Gasteiger partial charge in [0, 0.05) is 51.6 Å². The van der Waals surface area contributed by atoms with Crippen LogP contribution in [0.15, 0.2) is 89.4 Å². The Morgan fingerprint density at radius 2 is 1.29 bits per heavy atom. The van der Waals surface area contributed by atoms with E-state index in [4.69, 9.17) is 0 Å². The fraction of sp³-hybridized carbons (Fsp3) is 0. The monoisotopic (exact) mass is 475 g/mol. The van der Waals surface area contributed by atoms with Gasteiger partial charge in [-0.15, -0.1) is 11.3 Å². The van der Waals surface area contributed by atoms with Crippen LogP contribution in [0.5, 0.6) is 0 Å². The number of thiophene rings is 1. The molecule has 0 aliphatic carbocycles. The van der Waals surface area contributed by atoms with Gasteiger partial charge in [0.05, 0.1) is 16.6 Å². The smallest absolute Gasteiger partial charge is 0.0620 e. The highest BCUT2D eigenvalue weighted by Gasteiger charge is 2.20. The molecule has 0 N–H and O–H groups in total. The first-order chi connectivity index (χ1) is 15.3. The van der Waals surface area contributed by atoms with Crippen LogP contribution in [0.25, 0.3) is 69.0 Å². The van der Waals surface area contributed by atoms with Crippen molar-refractivity contribution in [1.29, 1.82) is 0 Å². The van der Waals surface area contributed by atoms with Gasteiger partial charge < -0.3 is 4.40 Å². The van der Waals surface area contributed by atoms with E-state index < -0.39 is 0 Å². The van der Waals surface area contributed by atoms with Crippen molar-refractivity contribution in [1.82, 2.24) is 4.40 Å². The summed E-state index contributed by atoms with van der Waals surface area (Å²) >= 11 is 5.69. The van der Waals surface area contributed by atoms with Crippen LogP contribution in [0, 0.1) is 0 Å². The molecule has 31 heavy (non-hydrogen) atoms. The van der Waals surface area contributed by atoms with E-state index in [1.807, 2.05) is 11.3 Å². The minimum absolute atomic E-state index is 1.13. The van der Waals surface area contributed by atoms with Crippen molar-refractivity contribution in [3.8, 4) is 0 Å². The maximum absolute atomic E-state index is 3.79. The lowest BCUT2D eigenvalue weighted by Gasteiger charge is -2.14. The molecule has 8 aromatic rings. The molecule has 0 spiro atoms. The van der Waals surface area contributed by atoms with Crippen molar-refractivity contribution in [2.24, 2.45) is 0 Å². The Hall–Kier alpha value is -3.14. The number of fused-ring (bicyclic) bond motifs is 9. The third-order valence-corrected chi connectivity index (χ3v) is 8.42. The number of hydrogen-bond donors (Lipinski definition) is 0. The maximum Gasteiger partial charge on any atom is 0.0620 e. The summed E-state index contributed by atoms with van der Waals surface area (Å²) in [5, 5.41) is 10.6. The number of aromatic nitrogens is 1. The number of rotatable bonds is 0. The molecule has 3 aromatic heterocycles. The van der Waals surface area contributed by atoms with E-state index in [9.17, 15) is 0 Å². The summed E-state index contributed by atoms with van der Waals surface area (Å²) in [4.78, 5) is 0. The Balaban J connectivity index is 1.82. The molecule has 0 saturated heterocycles. The number of hydrogen-bond acceptors (Lipinski definition) is 1. The van der Waals surface area contributed by atoms with Crippen molar-refractivity contribution < 1.29 is 0 Å². The molecule has 8 rings (SSSR count). The van der Waals surface area contributed by atoms with Gasteiger partial charge in [-0.25, -0.2) is 0 Å². The van der Waals surface area contributed by atoms with E-state index in [0.29, 0.717) is 0 Å². The van der Waals surface area contributed by atoms with Crippen LogP contribution in [0.3, 0.4) is 0 Å². The average molecular weight is 476 g/mol. The summed E-state index contributed by atoms with van der Waals surface area (Å²) in [5.41, 5.74) is 3.87. The van der Waals surface area contributed by atoms with Gasteiger partial charge in [-0.2, -0.15) is 0 Å². The third-order valence-electron chi connectivity index (χ3n) is 6.74. The van der Waals surface area contributed by atoms with E-state index in [-0.39, 0.29) is 0 Å². The van der Waals surface area contributed by atoms with Crippen LogP contribution in [-0.2, 0) is 0 Å². The first-order valence-electron chi connectivity index (χ1n) is 10.4. The largest absolute Gasteiger partial charge is 0.308 e. The molecule has 5 aromatic carbocycles. The summed E-state index contributed by atoms with van der Waals surface area (Å²) in [5.74, 6) is 0. The van der Waals surface area contributed by atoms with E-state index in [0.717, 1.165) is 4.47 Å². The highest BCUT2D eigenvalue weighted by atomic mass is 79.9. The second-order valence-corrected chi connectivity index (χ2v) is 10.3. The number of nitrogens with zero attached hydrogens (tertiary/aromatic N) is 1. The van der Waals surface area contributed by atoms with Crippen LogP contribution in [0.1, 0.15) is 0 Å². The lowest BCUT2D eigenvalue weighted by Crippen LogP contribution is -1.92. The third kappa shape index (κ3) is 1.93. The minimum Gasteiger partial charge on any atom is -0.308 e. The molecule has 0 amide bonds. The van der Waals surface area contributed by atoms with Crippen molar-refractivity contribution in [2.75, 3.05) is 0 Å². The second-order valence-electron chi connectivity index (χ2n) is 8.30. The molecule has 0 atom stereocenters. The fourth-order valence-corrected chi connectivity index (χ4v) is 7.22. The molecule has 0 aliphatic heterocycles. The SMILES string of the molecule is Brc1cc2c3cccc4c5sc6ccccc6c5cc(c34)n3c4ccccc4c(c1)c23. The Kier molecular flexibility index (Phi) is 2.96. The Labute approximate surface area is 189 Å². The van der Waals surface area contributed by atoms with Gasteiger partial charge in [-0.3, -0.25) is 0 Å². The van der Waals surface area contributed by atoms with Crippen LogP contribution in [-0.4, -0.2) is 4.40 Å². The van der Waals surface area contributed by atoms with Crippen LogP contribution in [0.4, 0.5) is 0 Å². The molecular formula is C28H14BrNS. The van der Waals surface area contributed by atoms with E-state index in [1.165, 1.54) is 69.0 Å². The predicted octanol–water partition coefficient (Wildman–Crippen LogP) is 9.12. The molecule has 0 aliphatic rings. The van der Waals surface area contributed by atoms with Gasteiger partial charge in [0.15, 0.2) is 0 Å². The molecule has 3 heterocycles. The van der Waals surface area contributed by atoms with Crippen LogP contribution in [0.2, 0.25) is 0 Å². The molecule has 3 heteroatoms. The molecule has 0 saturated carbocycles. The van der Waals surface area contributed by atoms with Crippen LogP contribution < -0.4 is 0 Å². The molecule has 1 nitrogen and oxygen atoms in total. The van der Waals surface area contributed by atoms with Crippen molar-refractivity contribution in [3.63, 3.8) is 0 Å². The molecule has 0 bridgehead atoms. The molecule has 0 unspecified atom stereocenters. The molecular weight excluding hydrogens is 462 g/mol. The zero-order valence-corrected chi connectivity index (χ0v) is 18.7. The van der Waals surface area contributed by atoms with Gasteiger partial charge in [0.2, 0.25) is 0 Å². The highest BCUT2D eigenvalue weighted by Crippen LogP contribution is 2.46. The zero-order chi connectivity index (χ0) is 20.3. The summed E-state index contributed by atoms with van der Waals surface area (Å²) in [6.07, 6.45) is 0. The number of para-hydroxylation sites is 1. The minimum atomic E-state index is 1.13. The molecule has 0 fully saturated rings. The first kappa shape index (κ1) is 16.5. The van der Waals surface area contributed by atoms with Gasteiger partial charge in [0.25, 0.3) is 0 Å². The fourth-order valence-electron chi connectivity index (χ4n) is 5.55. The molecule has 144 valence electrons. The van der Waals surface area contributed by atoms with E-state index in [1.54, 1.807) is 0 Å². The van der Waals surface area contributed by atoms with Crippen molar-refractivity contribution in [2.45, 2.75) is 0 Å². The summed E-state index contributed by atoms with van der Waals surface area (Å²) < 4.78 is 6.35. The average Bonchev–Trinajstić information content (AvgIpc) is 3.34. The normalized spacial score (nSPS) is 12.7. The second kappa shape index (κ2) is 5.56. The topological polar surface area (TPSA) is 4.41 Å². The number of benzene rings is 5. The Bertz CT molecular complexity index is 2010. The predicted molar refractivity (Wildman–Crippen MR) is 139 cm³/mol. The highest BCUT2D eigenvalue weighted by molar-refractivity contribution is 9.10. The standard InChI is InChI=1S/C28H14BrNS/c29-15-12-20-16-6-1-3-10-23(16)30-24-14-22-17-7-2-4-11-25(17)31-28(22)19-9-5-8-18(26(19)24)21(13-15)27(20)30/h1-14H. The van der Waals surface area contributed by atoms with Crippen LogP contribution >= 0.6 is 27.3 Å². The van der Waals surface area contributed by atoms with Gasteiger partial charge >= 0.3 is 0 Å². The zero-order valence-electron chi connectivity index (χ0n) is 16.3. The molecule has 0 radical (unpaired) electrons. The quantitative estimate of drug-likeness (QED) is 0.152. The summed E-state index contributed by atoms with van der Waals surface area (Å²) in [6.45, 7) is 0. The van der Waals surface area contributed by atoms with Crippen molar-refractivity contribution >= 4 is 96.3 Å². The number of halogens is 1. The van der Waals surface area contributed by atoms with Crippen molar-refractivity contribution in [3.05, 3.63) is 89.4 Å². The maximum atomic E-state index is 3.79. The van der Waals surface area contributed by atoms with Gasteiger partial charge in [-0.1, -0.05) is 70.5 Å². The summed E-state index contributed by atoms with van der Waals surface area (Å²) in [6, 6.07) is 31.4. The summed E-state index contributed by atoms with van der Waals surface area (Å²) in [7, 11) is 0. The Morgan fingerprint density at radius 1 is 0.581 bits per heavy atom. The van der Waals surface area contributed by atoms with E-state index >= 15 is 0 Å². The van der Waals surface area contributed by atoms with Gasteiger partial charge in [-0.05, 0) is 35.7 Å². The lowest BCUT2D eigenvalue weighted by molar-refractivity contribution is 1.35.